The van der Waals surface area contributed by atoms with Crippen LogP contribution in [0.1, 0.15) is 5.56 Å². The minimum atomic E-state index is -3.88. The molecule has 21 heavy (non-hydrogen) atoms. The lowest BCUT2D eigenvalue weighted by atomic mass is 10.1. The highest BCUT2D eigenvalue weighted by Gasteiger charge is 2.18. The largest absolute Gasteiger partial charge is 0.379 e. The molecule has 0 unspecified atom stereocenters. The Kier molecular flexibility index (Phi) is 5.29. The average Bonchev–Trinajstić information content (AvgIpc) is 2.42. The fourth-order valence-corrected chi connectivity index (χ4v) is 3.36. The van der Waals surface area contributed by atoms with Crippen LogP contribution in [-0.4, -0.2) is 8.42 Å². The number of hydrogen-bond acceptors (Lipinski definition) is 3. The van der Waals surface area contributed by atoms with Crippen molar-refractivity contribution in [2.75, 3.05) is 0 Å². The molecule has 3 nitrogen and oxygen atoms in total. The third-order valence-corrected chi connectivity index (χ3v) is 4.86. The third kappa shape index (κ3) is 4.21. The van der Waals surface area contributed by atoms with Gasteiger partial charge in [-0.3, -0.25) is 0 Å². The van der Waals surface area contributed by atoms with Crippen molar-refractivity contribution in [1.82, 2.24) is 0 Å². The zero-order valence-electron chi connectivity index (χ0n) is 10.9. The fraction of sp³-hybridized carbons (Fsp3) is 0.0667. The Bertz CT molecular complexity index is 755. The first-order valence-electron chi connectivity index (χ1n) is 6.02. The maximum atomic E-state index is 12.3. The summed E-state index contributed by atoms with van der Waals surface area (Å²) in [5, 5.41) is 0.468. The molecule has 0 aliphatic carbocycles. The number of benzene rings is 2. The SMILES string of the molecule is C=CCc1cc(I)ccc1OS(=O)(=O)c1ccc(Cl)cc1. The van der Waals surface area contributed by atoms with Crippen molar-refractivity contribution in [3.8, 4) is 5.75 Å². The van der Waals surface area contributed by atoms with Gasteiger partial charge in [-0.05, 0) is 71.5 Å². The molecule has 0 radical (unpaired) electrons. The predicted octanol–water partition coefficient (Wildman–Crippen LogP) is 4.44. The second-order valence-electron chi connectivity index (χ2n) is 4.24. The van der Waals surface area contributed by atoms with Gasteiger partial charge in [-0.25, -0.2) is 0 Å². The van der Waals surface area contributed by atoms with Crippen molar-refractivity contribution in [2.24, 2.45) is 0 Å². The second-order valence-corrected chi connectivity index (χ2v) is 7.46. The van der Waals surface area contributed by atoms with E-state index < -0.39 is 10.1 Å². The van der Waals surface area contributed by atoms with Gasteiger partial charge < -0.3 is 4.18 Å². The van der Waals surface area contributed by atoms with E-state index in [4.69, 9.17) is 15.8 Å². The van der Waals surface area contributed by atoms with Gasteiger partial charge in [-0.1, -0.05) is 17.7 Å². The molecule has 0 aromatic heterocycles. The molecule has 6 heteroatoms. The van der Waals surface area contributed by atoms with E-state index in [1.807, 2.05) is 6.07 Å². The van der Waals surface area contributed by atoms with Crippen LogP contribution in [0.3, 0.4) is 0 Å². The topological polar surface area (TPSA) is 43.4 Å². The van der Waals surface area contributed by atoms with Gasteiger partial charge in [0.1, 0.15) is 10.6 Å². The summed E-state index contributed by atoms with van der Waals surface area (Å²) in [6.45, 7) is 3.67. The summed E-state index contributed by atoms with van der Waals surface area (Å²) < 4.78 is 30.8. The standard InChI is InChI=1S/C15H12ClIO3S/c1-2-3-11-10-13(17)6-9-15(11)20-21(18,19)14-7-4-12(16)5-8-14/h2,4-10H,1,3H2. The molecule has 2 aromatic carbocycles. The van der Waals surface area contributed by atoms with E-state index in [0.717, 1.165) is 9.13 Å². The number of hydrogen-bond donors (Lipinski definition) is 0. The molecule has 0 fully saturated rings. The summed E-state index contributed by atoms with van der Waals surface area (Å²) >= 11 is 7.92. The Labute approximate surface area is 142 Å². The van der Waals surface area contributed by atoms with E-state index in [9.17, 15) is 8.42 Å². The molecular formula is C15H12ClIO3S. The smallest absolute Gasteiger partial charge is 0.339 e. The highest BCUT2D eigenvalue weighted by Crippen LogP contribution is 2.26. The van der Waals surface area contributed by atoms with E-state index in [1.165, 1.54) is 24.3 Å². The summed E-state index contributed by atoms with van der Waals surface area (Å²) in [4.78, 5) is 0.0648. The first-order chi connectivity index (χ1) is 9.92. The van der Waals surface area contributed by atoms with Gasteiger partial charge in [0.05, 0.1) is 0 Å². The molecule has 0 spiro atoms. The van der Waals surface area contributed by atoms with Gasteiger partial charge in [0.15, 0.2) is 0 Å². The lowest BCUT2D eigenvalue weighted by Gasteiger charge is -2.11. The number of halogens is 2. The van der Waals surface area contributed by atoms with Crippen LogP contribution in [0.5, 0.6) is 5.75 Å². The Morgan fingerprint density at radius 2 is 1.86 bits per heavy atom. The molecule has 0 aliphatic heterocycles. The van der Waals surface area contributed by atoms with Gasteiger partial charge in [-0.2, -0.15) is 8.42 Å². The number of rotatable bonds is 5. The average molecular weight is 435 g/mol. The lowest BCUT2D eigenvalue weighted by molar-refractivity contribution is 0.483. The third-order valence-electron chi connectivity index (χ3n) is 2.69. The summed E-state index contributed by atoms with van der Waals surface area (Å²) in [6, 6.07) is 11.2. The van der Waals surface area contributed by atoms with E-state index >= 15 is 0 Å². The van der Waals surface area contributed by atoms with Crippen molar-refractivity contribution in [1.29, 1.82) is 0 Å². The molecule has 2 rings (SSSR count). The van der Waals surface area contributed by atoms with E-state index in [-0.39, 0.29) is 4.90 Å². The minimum Gasteiger partial charge on any atom is -0.379 e. The van der Waals surface area contributed by atoms with Crippen LogP contribution in [0.2, 0.25) is 5.02 Å². The van der Waals surface area contributed by atoms with Gasteiger partial charge in [0, 0.05) is 14.2 Å². The van der Waals surface area contributed by atoms with Crippen LogP contribution in [-0.2, 0) is 16.5 Å². The van der Waals surface area contributed by atoms with E-state index in [0.29, 0.717) is 17.2 Å². The summed E-state index contributed by atoms with van der Waals surface area (Å²) in [5.41, 5.74) is 0.773. The first-order valence-corrected chi connectivity index (χ1v) is 8.88. The van der Waals surface area contributed by atoms with Crippen LogP contribution in [0.4, 0.5) is 0 Å². The molecule has 0 amide bonds. The maximum Gasteiger partial charge on any atom is 0.339 e. The Hall–Kier alpha value is -1.05. The van der Waals surface area contributed by atoms with E-state index in [2.05, 4.69) is 29.2 Å². The summed E-state index contributed by atoms with van der Waals surface area (Å²) in [5.74, 6) is 0.310. The van der Waals surface area contributed by atoms with E-state index in [1.54, 1.807) is 18.2 Å². The lowest BCUT2D eigenvalue weighted by Crippen LogP contribution is -2.11. The molecule has 0 atom stereocenters. The molecule has 2 aromatic rings. The normalized spacial score (nSPS) is 11.1. The highest BCUT2D eigenvalue weighted by molar-refractivity contribution is 14.1. The van der Waals surface area contributed by atoms with Crippen LogP contribution in [0, 0.1) is 3.57 Å². The van der Waals surface area contributed by atoms with Gasteiger partial charge >= 0.3 is 10.1 Å². The summed E-state index contributed by atoms with van der Waals surface area (Å²) in [6.07, 6.45) is 2.23. The molecule has 110 valence electrons. The zero-order chi connectivity index (χ0) is 15.5. The minimum absolute atomic E-state index is 0.0648. The van der Waals surface area contributed by atoms with Gasteiger partial charge in [0.2, 0.25) is 0 Å². The van der Waals surface area contributed by atoms with Gasteiger partial charge in [0.25, 0.3) is 0 Å². The highest BCUT2D eigenvalue weighted by atomic mass is 127. The molecule has 0 aliphatic rings. The molecule has 0 bridgehead atoms. The van der Waals surface area contributed by atoms with Crippen LogP contribution in [0.25, 0.3) is 0 Å². The van der Waals surface area contributed by atoms with Crippen molar-refractivity contribution in [3.63, 3.8) is 0 Å². The van der Waals surface area contributed by atoms with Crippen LogP contribution >= 0.6 is 34.2 Å². The van der Waals surface area contributed by atoms with Crippen molar-refractivity contribution >= 4 is 44.3 Å². The second kappa shape index (κ2) is 6.81. The molecule has 0 heterocycles. The molecule has 0 N–H and O–H groups in total. The van der Waals surface area contributed by atoms with Gasteiger partial charge in [-0.15, -0.1) is 6.58 Å². The molecule has 0 saturated heterocycles. The predicted molar refractivity (Wildman–Crippen MR) is 92.3 cm³/mol. The Morgan fingerprint density at radius 3 is 2.48 bits per heavy atom. The van der Waals surface area contributed by atoms with Crippen LogP contribution < -0.4 is 4.18 Å². The maximum absolute atomic E-state index is 12.3. The van der Waals surface area contributed by atoms with Crippen molar-refractivity contribution < 1.29 is 12.6 Å². The molecular weight excluding hydrogens is 423 g/mol. The monoisotopic (exact) mass is 434 g/mol. The molecule has 0 saturated carbocycles. The fourth-order valence-electron chi connectivity index (χ4n) is 1.71. The van der Waals surface area contributed by atoms with Crippen molar-refractivity contribution in [2.45, 2.75) is 11.3 Å². The zero-order valence-corrected chi connectivity index (χ0v) is 14.7. The summed E-state index contributed by atoms with van der Waals surface area (Å²) in [7, 11) is -3.88. The Balaban J connectivity index is 2.36. The van der Waals surface area contributed by atoms with Crippen LogP contribution in [0.15, 0.2) is 60.0 Å². The first kappa shape index (κ1) is 16.3. The Morgan fingerprint density at radius 1 is 1.19 bits per heavy atom. The van der Waals surface area contributed by atoms with Crippen molar-refractivity contribution in [3.05, 3.63) is 69.3 Å². The quantitative estimate of drug-likeness (QED) is 0.397. The number of allylic oxidation sites excluding steroid dienone is 1.